The molecule has 0 heterocycles. The first-order valence-electron chi connectivity index (χ1n) is 10.6. The van der Waals surface area contributed by atoms with Gasteiger partial charge in [0, 0.05) is 17.9 Å². The van der Waals surface area contributed by atoms with Crippen molar-refractivity contribution in [3.05, 3.63) is 58.9 Å². The molecule has 0 aliphatic heterocycles. The molecule has 0 saturated heterocycles. The quantitative estimate of drug-likeness (QED) is 0.377. The van der Waals surface area contributed by atoms with Gasteiger partial charge in [0.2, 0.25) is 0 Å². The maximum Gasteiger partial charge on any atom is 0.259 e. The molecule has 1 unspecified atom stereocenters. The summed E-state index contributed by atoms with van der Waals surface area (Å²) in [5, 5.41) is 13.4. The number of rotatable bonds is 12. The van der Waals surface area contributed by atoms with E-state index in [0.29, 0.717) is 5.75 Å². The van der Waals surface area contributed by atoms with Crippen LogP contribution < -0.4 is 19.5 Å². The number of nitrogens with zero attached hydrogens (tertiary/aromatic N) is 1. The van der Waals surface area contributed by atoms with Crippen LogP contribution >= 0.6 is 0 Å². The van der Waals surface area contributed by atoms with Crippen LogP contribution in [0.2, 0.25) is 0 Å². The van der Waals surface area contributed by atoms with E-state index in [0.717, 1.165) is 49.4 Å². The highest BCUT2D eigenvalue weighted by Crippen LogP contribution is 2.41. The van der Waals surface area contributed by atoms with Crippen LogP contribution in [0, 0.1) is 12.5 Å². The van der Waals surface area contributed by atoms with Gasteiger partial charge in [-0.05, 0) is 61.8 Å². The van der Waals surface area contributed by atoms with Gasteiger partial charge >= 0.3 is 0 Å². The maximum absolute atomic E-state index is 9.91. The van der Waals surface area contributed by atoms with Gasteiger partial charge in [-0.2, -0.15) is 0 Å². The number of ether oxygens (including phenoxy) is 3. The van der Waals surface area contributed by atoms with Gasteiger partial charge in [-0.15, -0.1) is 0 Å². The summed E-state index contributed by atoms with van der Waals surface area (Å²) in [5.41, 5.74) is 1.42. The van der Waals surface area contributed by atoms with Crippen molar-refractivity contribution in [3.63, 3.8) is 0 Å². The average Bonchev–Trinajstić information content (AvgIpc) is 2.78. The van der Waals surface area contributed by atoms with Crippen LogP contribution in [0.4, 0.5) is 0 Å². The zero-order valence-corrected chi connectivity index (χ0v) is 19.2. The Morgan fingerprint density at radius 1 is 0.968 bits per heavy atom. The number of benzene rings is 2. The predicted octanol–water partition coefficient (Wildman–Crippen LogP) is 4.80. The van der Waals surface area contributed by atoms with Crippen molar-refractivity contribution < 1.29 is 19.3 Å². The molecular formula is C25H34N2O4. The summed E-state index contributed by atoms with van der Waals surface area (Å²) in [6.45, 7) is 13.7. The van der Waals surface area contributed by atoms with Gasteiger partial charge in [0.1, 0.15) is 0 Å². The van der Waals surface area contributed by atoms with Gasteiger partial charge in [0.15, 0.2) is 23.0 Å². The van der Waals surface area contributed by atoms with Gasteiger partial charge in [0.25, 0.3) is 5.54 Å². The minimum absolute atomic E-state index is 0.0886. The topological polar surface area (TPSA) is 64.3 Å². The molecular weight excluding hydrogens is 392 g/mol. The Morgan fingerprint density at radius 3 is 2.29 bits per heavy atom. The number of nitrogens with one attached hydrogen (secondary N) is 1. The zero-order chi connectivity index (χ0) is 22.9. The Hall–Kier alpha value is -2.91. The Bertz CT molecular complexity index is 892. The number of methoxy groups -OCH3 is 3. The Morgan fingerprint density at radius 2 is 1.68 bits per heavy atom. The highest BCUT2D eigenvalue weighted by molar-refractivity contribution is 5.45. The molecule has 0 aromatic heterocycles. The summed E-state index contributed by atoms with van der Waals surface area (Å²) in [5.74, 6) is 2.09. The Kier molecular flexibility index (Phi) is 9.02. The van der Waals surface area contributed by atoms with Crippen molar-refractivity contribution in [2.24, 2.45) is 5.92 Å². The average molecular weight is 427 g/mol. The van der Waals surface area contributed by atoms with Crippen molar-refractivity contribution in [3.8, 4) is 23.0 Å². The summed E-state index contributed by atoms with van der Waals surface area (Å²) in [7, 11) is 4.80. The molecule has 0 radical (unpaired) electrons. The van der Waals surface area contributed by atoms with E-state index in [9.17, 15) is 5.11 Å². The largest absolute Gasteiger partial charge is 0.504 e. The third kappa shape index (κ3) is 5.83. The standard InChI is InChI=1S/C25H34N2O4/c1-18(2)25(26-3,20-9-10-21(28)23(17-20)30-5)13-7-14-27-15-12-19-8-11-22(29-4)24(16-19)31-6/h8-11,16-18,27-28H,7,12-15H2,1-2,4-6H3. The molecule has 0 amide bonds. The van der Waals surface area contributed by atoms with Crippen LogP contribution in [0.25, 0.3) is 4.85 Å². The molecule has 0 fully saturated rings. The molecule has 168 valence electrons. The van der Waals surface area contributed by atoms with E-state index in [1.165, 1.54) is 12.7 Å². The molecule has 0 spiro atoms. The van der Waals surface area contributed by atoms with E-state index in [1.54, 1.807) is 26.4 Å². The van der Waals surface area contributed by atoms with Gasteiger partial charge in [0.05, 0.1) is 21.3 Å². The molecule has 2 aromatic carbocycles. The zero-order valence-electron chi connectivity index (χ0n) is 19.2. The first-order valence-corrected chi connectivity index (χ1v) is 10.6. The SMILES string of the molecule is [C-]#[N+]C(CCCNCCc1ccc(OC)c(OC)c1)(c1ccc(O)c(OC)c1)C(C)C. The van der Waals surface area contributed by atoms with E-state index >= 15 is 0 Å². The monoisotopic (exact) mass is 426 g/mol. The molecule has 0 aliphatic carbocycles. The van der Waals surface area contributed by atoms with Crippen molar-refractivity contribution in [2.45, 2.75) is 38.6 Å². The summed E-state index contributed by atoms with van der Waals surface area (Å²) < 4.78 is 15.9. The maximum atomic E-state index is 9.91. The first-order chi connectivity index (χ1) is 14.9. The number of hydrogen-bond acceptors (Lipinski definition) is 5. The molecule has 1 atom stereocenters. The van der Waals surface area contributed by atoms with Crippen LogP contribution in [-0.2, 0) is 12.0 Å². The number of aromatic hydroxyl groups is 1. The summed E-state index contributed by atoms with van der Waals surface area (Å²) >= 11 is 0. The van der Waals surface area contributed by atoms with Gasteiger partial charge in [-0.1, -0.05) is 19.9 Å². The molecule has 2 rings (SSSR count). The van der Waals surface area contributed by atoms with E-state index in [1.807, 2.05) is 24.3 Å². The third-order valence-corrected chi connectivity index (χ3v) is 5.78. The summed E-state index contributed by atoms with van der Waals surface area (Å²) in [6.07, 6.45) is 2.48. The molecule has 2 aromatic rings. The van der Waals surface area contributed by atoms with Crippen molar-refractivity contribution in [1.82, 2.24) is 5.32 Å². The van der Waals surface area contributed by atoms with Crippen LogP contribution in [0.5, 0.6) is 23.0 Å². The Labute approximate surface area is 186 Å². The van der Waals surface area contributed by atoms with E-state index in [4.69, 9.17) is 20.8 Å². The second kappa shape index (κ2) is 11.5. The van der Waals surface area contributed by atoms with Gasteiger partial charge in [-0.3, -0.25) is 0 Å². The second-order valence-electron chi connectivity index (χ2n) is 7.87. The smallest absolute Gasteiger partial charge is 0.259 e. The number of hydrogen-bond donors (Lipinski definition) is 2. The fraction of sp³-hybridized carbons (Fsp3) is 0.480. The van der Waals surface area contributed by atoms with Crippen molar-refractivity contribution in [1.29, 1.82) is 0 Å². The van der Waals surface area contributed by atoms with Gasteiger partial charge < -0.3 is 29.5 Å². The molecule has 2 N–H and O–H groups in total. The van der Waals surface area contributed by atoms with E-state index in [-0.39, 0.29) is 11.7 Å². The molecule has 6 nitrogen and oxygen atoms in total. The van der Waals surface area contributed by atoms with Crippen LogP contribution in [0.15, 0.2) is 36.4 Å². The molecule has 6 heteroatoms. The van der Waals surface area contributed by atoms with Crippen LogP contribution in [0.1, 0.15) is 37.8 Å². The number of phenols is 1. The second-order valence-corrected chi connectivity index (χ2v) is 7.87. The highest BCUT2D eigenvalue weighted by Gasteiger charge is 2.42. The molecule has 0 aliphatic rings. The normalized spacial score (nSPS) is 12.8. The molecule has 0 saturated carbocycles. The van der Waals surface area contributed by atoms with Crippen molar-refractivity contribution in [2.75, 3.05) is 34.4 Å². The minimum Gasteiger partial charge on any atom is -0.504 e. The summed E-state index contributed by atoms with van der Waals surface area (Å²) in [6, 6.07) is 11.2. The van der Waals surface area contributed by atoms with Crippen LogP contribution in [-0.4, -0.2) is 39.5 Å². The first kappa shape index (κ1) is 24.4. The summed E-state index contributed by atoms with van der Waals surface area (Å²) in [4.78, 5) is 4.05. The fourth-order valence-corrected chi connectivity index (χ4v) is 3.84. The van der Waals surface area contributed by atoms with Gasteiger partial charge in [-0.25, -0.2) is 6.57 Å². The lowest BCUT2D eigenvalue weighted by Crippen LogP contribution is -2.30. The van der Waals surface area contributed by atoms with Crippen molar-refractivity contribution >= 4 is 0 Å². The highest BCUT2D eigenvalue weighted by atomic mass is 16.5. The fourth-order valence-electron chi connectivity index (χ4n) is 3.84. The number of phenolic OH excluding ortho intramolecular Hbond substituents is 1. The third-order valence-electron chi connectivity index (χ3n) is 5.78. The predicted molar refractivity (Wildman–Crippen MR) is 123 cm³/mol. The Balaban J connectivity index is 1.93. The molecule has 31 heavy (non-hydrogen) atoms. The van der Waals surface area contributed by atoms with Crippen LogP contribution in [0.3, 0.4) is 0 Å². The van der Waals surface area contributed by atoms with E-state index in [2.05, 4.69) is 24.0 Å². The lowest BCUT2D eigenvalue weighted by Gasteiger charge is -2.27. The minimum atomic E-state index is -0.647. The van der Waals surface area contributed by atoms with E-state index < -0.39 is 5.54 Å². The molecule has 0 bridgehead atoms. The lowest BCUT2D eigenvalue weighted by atomic mass is 9.77. The lowest BCUT2D eigenvalue weighted by molar-refractivity contribution is 0.336.